The summed E-state index contributed by atoms with van der Waals surface area (Å²) in [5.41, 5.74) is 0. The molecule has 29 heavy (non-hydrogen) atoms. The molecule has 0 radical (unpaired) electrons. The Kier molecular flexibility index (Phi) is 9.48. The molecule has 1 heterocycles. The van der Waals surface area contributed by atoms with E-state index in [0.29, 0.717) is 0 Å². The molecular formula is C17H25NO11. The number of carbonyl (C=O) groups excluding carboxylic acids is 4. The van der Waals surface area contributed by atoms with Gasteiger partial charge in [-0.2, -0.15) is 0 Å². The summed E-state index contributed by atoms with van der Waals surface area (Å²) in [5.74, 6) is -3.74. The zero-order valence-corrected chi connectivity index (χ0v) is 16.5. The first-order valence-corrected chi connectivity index (χ1v) is 8.75. The predicted octanol–water partition coefficient (Wildman–Crippen LogP) is -0.866. The van der Waals surface area contributed by atoms with Gasteiger partial charge in [-0.05, 0) is 0 Å². The Morgan fingerprint density at radius 2 is 1.52 bits per heavy atom. The van der Waals surface area contributed by atoms with Gasteiger partial charge in [-0.25, -0.2) is 0 Å². The zero-order chi connectivity index (χ0) is 22.1. The van der Waals surface area contributed by atoms with Crippen LogP contribution in [0.2, 0.25) is 0 Å². The highest BCUT2D eigenvalue weighted by Crippen LogP contribution is 2.28. The van der Waals surface area contributed by atoms with Crippen LogP contribution in [-0.2, 0) is 47.7 Å². The number of hydrogen-bond acceptors (Lipinski definition) is 10. The van der Waals surface area contributed by atoms with E-state index in [1.165, 1.54) is 6.92 Å². The van der Waals surface area contributed by atoms with Gasteiger partial charge in [0.2, 0.25) is 5.91 Å². The van der Waals surface area contributed by atoms with Crippen molar-refractivity contribution < 1.29 is 52.8 Å². The van der Waals surface area contributed by atoms with Crippen molar-refractivity contribution in [3.05, 3.63) is 0 Å². The van der Waals surface area contributed by atoms with Gasteiger partial charge >= 0.3 is 23.9 Å². The monoisotopic (exact) mass is 419 g/mol. The fourth-order valence-corrected chi connectivity index (χ4v) is 2.70. The molecule has 5 atom stereocenters. The topological polar surface area (TPSA) is 164 Å². The fraction of sp³-hybridized carbons (Fsp3) is 0.706. The molecule has 0 spiro atoms. The average molecular weight is 419 g/mol. The largest absolute Gasteiger partial charge is 0.481 e. The molecule has 0 aromatic rings. The smallest absolute Gasteiger partial charge is 0.305 e. The Hall–Kier alpha value is -2.73. The van der Waals surface area contributed by atoms with Crippen LogP contribution >= 0.6 is 0 Å². The summed E-state index contributed by atoms with van der Waals surface area (Å²) in [7, 11) is 0. The van der Waals surface area contributed by atoms with E-state index < -0.39 is 60.4 Å². The number of nitrogens with one attached hydrogen (secondary N) is 1. The summed E-state index contributed by atoms with van der Waals surface area (Å²) >= 11 is 0. The number of esters is 3. The van der Waals surface area contributed by atoms with E-state index in [1.54, 1.807) is 0 Å². The van der Waals surface area contributed by atoms with Gasteiger partial charge in [-0.3, -0.25) is 24.0 Å². The Morgan fingerprint density at radius 1 is 0.931 bits per heavy atom. The van der Waals surface area contributed by atoms with Crippen molar-refractivity contribution in [2.45, 2.75) is 64.8 Å². The molecule has 164 valence electrons. The molecule has 12 nitrogen and oxygen atoms in total. The molecule has 1 saturated heterocycles. The van der Waals surface area contributed by atoms with E-state index >= 15 is 0 Å². The number of carbonyl (C=O) groups is 5. The summed E-state index contributed by atoms with van der Waals surface area (Å²) in [6.07, 6.45) is -5.20. The van der Waals surface area contributed by atoms with Crippen LogP contribution < -0.4 is 5.32 Å². The first kappa shape index (κ1) is 24.3. The van der Waals surface area contributed by atoms with Gasteiger partial charge in [-0.15, -0.1) is 0 Å². The second kappa shape index (κ2) is 11.3. The highest BCUT2D eigenvalue weighted by Gasteiger charge is 2.51. The third kappa shape index (κ3) is 8.44. The van der Waals surface area contributed by atoms with Gasteiger partial charge in [0.1, 0.15) is 18.8 Å². The number of carboxylic acids is 1. The Balaban J connectivity index is 3.22. The van der Waals surface area contributed by atoms with Crippen molar-refractivity contribution >= 4 is 29.8 Å². The first-order chi connectivity index (χ1) is 13.5. The van der Waals surface area contributed by atoms with Crippen LogP contribution in [0.25, 0.3) is 0 Å². The summed E-state index contributed by atoms with van der Waals surface area (Å²) in [4.78, 5) is 56.8. The van der Waals surface area contributed by atoms with E-state index in [9.17, 15) is 24.0 Å². The van der Waals surface area contributed by atoms with Gasteiger partial charge in [0.25, 0.3) is 0 Å². The Bertz CT molecular complexity index is 635. The molecule has 0 aromatic heterocycles. The molecule has 0 aromatic carbocycles. The summed E-state index contributed by atoms with van der Waals surface area (Å²) in [6, 6.07) is -1.12. The van der Waals surface area contributed by atoms with E-state index in [2.05, 4.69) is 5.32 Å². The average Bonchev–Trinajstić information content (AvgIpc) is 2.56. The SMILES string of the molecule is CC(=O)NC1C(OCCC(=O)O)OC(COC(C)=O)[C@H](OC(C)=O)C1OC(C)=O. The van der Waals surface area contributed by atoms with Crippen LogP contribution in [0.15, 0.2) is 0 Å². The van der Waals surface area contributed by atoms with E-state index in [4.69, 9.17) is 28.8 Å². The number of amides is 1. The lowest BCUT2D eigenvalue weighted by Crippen LogP contribution is -2.66. The fourth-order valence-electron chi connectivity index (χ4n) is 2.70. The van der Waals surface area contributed by atoms with E-state index in [0.717, 1.165) is 20.8 Å². The standard InChI is InChI=1S/C17H25NO11/c1-8(19)18-14-16(28-11(4)22)15(27-10(3)21)12(7-26-9(2)20)29-17(14)25-6-5-13(23)24/h12,14-17H,5-7H2,1-4H3,(H,18,19)(H,23,24)/t12?,14?,15-,16?,17?/m0/s1. The number of rotatable bonds is 9. The van der Waals surface area contributed by atoms with Crippen LogP contribution in [0.5, 0.6) is 0 Å². The third-order valence-corrected chi connectivity index (χ3v) is 3.67. The molecule has 1 aliphatic rings. The lowest BCUT2D eigenvalue weighted by Gasteiger charge is -2.44. The van der Waals surface area contributed by atoms with Crippen molar-refractivity contribution in [2.75, 3.05) is 13.2 Å². The molecule has 0 bridgehead atoms. The van der Waals surface area contributed by atoms with Crippen molar-refractivity contribution in [1.82, 2.24) is 5.32 Å². The minimum absolute atomic E-state index is 0.276. The van der Waals surface area contributed by atoms with Crippen LogP contribution in [0.3, 0.4) is 0 Å². The van der Waals surface area contributed by atoms with Gasteiger partial charge in [0.05, 0.1) is 13.0 Å². The quantitative estimate of drug-likeness (QED) is 0.353. The maximum Gasteiger partial charge on any atom is 0.305 e. The normalized spacial score (nSPS) is 26.1. The minimum Gasteiger partial charge on any atom is -0.481 e. The third-order valence-electron chi connectivity index (χ3n) is 3.67. The lowest BCUT2D eigenvalue weighted by molar-refractivity contribution is -0.277. The molecule has 1 rings (SSSR count). The molecule has 0 saturated carbocycles. The van der Waals surface area contributed by atoms with Crippen LogP contribution in [-0.4, -0.2) is 78.7 Å². The predicted molar refractivity (Wildman–Crippen MR) is 92.2 cm³/mol. The van der Waals surface area contributed by atoms with Gasteiger partial charge in [0, 0.05) is 27.7 Å². The molecule has 2 N–H and O–H groups in total. The van der Waals surface area contributed by atoms with Crippen molar-refractivity contribution in [1.29, 1.82) is 0 Å². The summed E-state index contributed by atoms with van der Waals surface area (Å²) in [5, 5.41) is 11.3. The van der Waals surface area contributed by atoms with E-state index in [1.807, 2.05) is 0 Å². The highest BCUT2D eigenvalue weighted by atomic mass is 16.7. The summed E-state index contributed by atoms with van der Waals surface area (Å²) < 4.78 is 26.5. The number of ether oxygens (including phenoxy) is 5. The van der Waals surface area contributed by atoms with E-state index in [-0.39, 0.29) is 19.6 Å². The molecule has 0 aliphatic carbocycles. The Labute approximate surface area is 166 Å². The van der Waals surface area contributed by atoms with Crippen LogP contribution in [0, 0.1) is 0 Å². The molecule has 12 heteroatoms. The van der Waals surface area contributed by atoms with Gasteiger partial charge in [0.15, 0.2) is 18.5 Å². The van der Waals surface area contributed by atoms with Crippen LogP contribution in [0.1, 0.15) is 34.1 Å². The number of aliphatic carboxylic acids is 1. The van der Waals surface area contributed by atoms with Crippen molar-refractivity contribution in [3.63, 3.8) is 0 Å². The minimum atomic E-state index is -1.27. The van der Waals surface area contributed by atoms with Crippen LogP contribution in [0.4, 0.5) is 0 Å². The Morgan fingerprint density at radius 3 is 2.00 bits per heavy atom. The summed E-state index contributed by atoms with van der Waals surface area (Å²) in [6.45, 7) is 3.96. The molecule has 1 fully saturated rings. The second-order valence-electron chi connectivity index (χ2n) is 6.23. The second-order valence-corrected chi connectivity index (χ2v) is 6.23. The molecule has 1 amide bonds. The number of hydrogen-bond donors (Lipinski definition) is 2. The molecule has 1 aliphatic heterocycles. The maximum absolute atomic E-state index is 11.7. The van der Waals surface area contributed by atoms with Gasteiger partial charge in [-0.1, -0.05) is 0 Å². The highest BCUT2D eigenvalue weighted by molar-refractivity contribution is 5.73. The first-order valence-electron chi connectivity index (χ1n) is 8.75. The lowest BCUT2D eigenvalue weighted by atomic mass is 9.96. The molecular weight excluding hydrogens is 394 g/mol. The number of carboxylic acid groups (broad SMARTS) is 1. The zero-order valence-electron chi connectivity index (χ0n) is 16.5. The molecule has 4 unspecified atom stereocenters. The van der Waals surface area contributed by atoms with Crippen molar-refractivity contribution in [3.8, 4) is 0 Å². The van der Waals surface area contributed by atoms with Gasteiger partial charge < -0.3 is 34.1 Å². The maximum atomic E-state index is 11.7. The van der Waals surface area contributed by atoms with Crippen molar-refractivity contribution in [2.24, 2.45) is 0 Å².